The maximum atomic E-state index is 5.80. The Labute approximate surface area is 102 Å². The van der Waals surface area contributed by atoms with Gasteiger partial charge in [0, 0.05) is 12.7 Å². The van der Waals surface area contributed by atoms with Crippen LogP contribution in [0, 0.1) is 5.92 Å². The van der Waals surface area contributed by atoms with E-state index in [-0.39, 0.29) is 0 Å². The maximum absolute atomic E-state index is 5.80. The maximum Gasteiger partial charge on any atom is 0.194 e. The fraction of sp³-hybridized carbons (Fsp3) is 0.385. The first-order valence-corrected chi connectivity index (χ1v) is 5.97. The molecule has 3 N–H and O–H groups in total. The molecule has 0 saturated carbocycles. The van der Waals surface area contributed by atoms with Crippen LogP contribution in [-0.4, -0.2) is 17.5 Å². The second-order valence-electron chi connectivity index (χ2n) is 4.22. The van der Waals surface area contributed by atoms with Gasteiger partial charge in [-0.25, -0.2) is 4.98 Å². The largest absolute Gasteiger partial charge is 0.370 e. The summed E-state index contributed by atoms with van der Waals surface area (Å²) in [5.74, 6) is 1.81. The third-order valence-electron chi connectivity index (χ3n) is 2.82. The van der Waals surface area contributed by atoms with Crippen LogP contribution in [0.25, 0.3) is 0 Å². The van der Waals surface area contributed by atoms with Crippen molar-refractivity contribution in [2.45, 2.75) is 19.3 Å². The summed E-state index contributed by atoms with van der Waals surface area (Å²) in [6.45, 7) is 0.788. The molecule has 0 aromatic carbocycles. The van der Waals surface area contributed by atoms with Crippen molar-refractivity contribution >= 4 is 11.8 Å². The third kappa shape index (κ3) is 3.90. The molecule has 0 bridgehead atoms. The molecule has 1 atom stereocenters. The van der Waals surface area contributed by atoms with E-state index in [1.165, 1.54) is 6.42 Å². The molecule has 4 nitrogen and oxygen atoms in total. The van der Waals surface area contributed by atoms with Gasteiger partial charge >= 0.3 is 0 Å². The van der Waals surface area contributed by atoms with Crippen molar-refractivity contribution in [2.75, 3.05) is 11.9 Å². The van der Waals surface area contributed by atoms with E-state index in [1.807, 2.05) is 18.2 Å². The SMILES string of the molecule is NC(=NCC1CC=CCC1)Nc1ccccn1. The molecule has 0 amide bonds. The zero-order chi connectivity index (χ0) is 11.9. The van der Waals surface area contributed by atoms with Gasteiger partial charge in [0.25, 0.3) is 0 Å². The molecular formula is C13H18N4. The van der Waals surface area contributed by atoms with Crippen molar-refractivity contribution < 1.29 is 0 Å². The van der Waals surface area contributed by atoms with Gasteiger partial charge in [0.2, 0.25) is 0 Å². The Balaban J connectivity index is 1.83. The van der Waals surface area contributed by atoms with E-state index >= 15 is 0 Å². The standard InChI is InChI=1S/C13H18N4/c14-13(17-12-8-4-5-9-15-12)16-10-11-6-2-1-3-7-11/h1-2,4-5,8-9,11H,3,6-7,10H2,(H3,14,15,16,17). The first-order valence-electron chi connectivity index (χ1n) is 5.97. The van der Waals surface area contributed by atoms with Crippen molar-refractivity contribution in [2.24, 2.45) is 16.6 Å². The highest BCUT2D eigenvalue weighted by Crippen LogP contribution is 2.18. The minimum Gasteiger partial charge on any atom is -0.370 e. The molecule has 4 heteroatoms. The normalized spacial score (nSPS) is 20.2. The first-order chi connectivity index (χ1) is 8.34. The van der Waals surface area contributed by atoms with E-state index in [9.17, 15) is 0 Å². The number of hydrogen-bond acceptors (Lipinski definition) is 2. The Kier molecular flexibility index (Phi) is 4.13. The van der Waals surface area contributed by atoms with E-state index in [0.717, 1.165) is 25.2 Å². The average Bonchev–Trinajstić information content (AvgIpc) is 2.39. The van der Waals surface area contributed by atoms with Crippen LogP contribution in [0.5, 0.6) is 0 Å². The van der Waals surface area contributed by atoms with Crippen molar-refractivity contribution in [3.8, 4) is 0 Å². The lowest BCUT2D eigenvalue weighted by Gasteiger charge is -2.15. The molecule has 0 aliphatic heterocycles. The zero-order valence-electron chi connectivity index (χ0n) is 9.84. The van der Waals surface area contributed by atoms with Crippen molar-refractivity contribution in [3.63, 3.8) is 0 Å². The van der Waals surface area contributed by atoms with Crippen molar-refractivity contribution in [1.29, 1.82) is 0 Å². The summed E-state index contributed by atoms with van der Waals surface area (Å²) in [5, 5.41) is 2.98. The third-order valence-corrected chi connectivity index (χ3v) is 2.82. The molecule has 0 radical (unpaired) electrons. The Morgan fingerprint density at radius 1 is 1.47 bits per heavy atom. The molecule has 17 heavy (non-hydrogen) atoms. The number of pyridine rings is 1. The van der Waals surface area contributed by atoms with Crippen LogP contribution in [0.4, 0.5) is 5.82 Å². The fourth-order valence-electron chi connectivity index (χ4n) is 1.86. The van der Waals surface area contributed by atoms with Gasteiger partial charge in [-0.2, -0.15) is 0 Å². The lowest BCUT2D eigenvalue weighted by atomic mass is 9.95. The summed E-state index contributed by atoms with van der Waals surface area (Å²) in [6, 6.07) is 5.65. The van der Waals surface area contributed by atoms with Crippen LogP contribution < -0.4 is 11.1 Å². The number of aromatic nitrogens is 1. The molecule has 1 heterocycles. The van der Waals surface area contributed by atoms with E-state index in [1.54, 1.807) is 6.20 Å². The van der Waals surface area contributed by atoms with E-state index in [0.29, 0.717) is 11.9 Å². The van der Waals surface area contributed by atoms with Crippen molar-refractivity contribution in [3.05, 3.63) is 36.5 Å². The molecule has 0 spiro atoms. The van der Waals surface area contributed by atoms with Gasteiger partial charge in [0.1, 0.15) is 5.82 Å². The van der Waals surface area contributed by atoms with Crippen LogP contribution >= 0.6 is 0 Å². The van der Waals surface area contributed by atoms with Crippen molar-refractivity contribution in [1.82, 2.24) is 4.98 Å². The quantitative estimate of drug-likeness (QED) is 0.475. The lowest BCUT2D eigenvalue weighted by Crippen LogP contribution is -2.24. The second-order valence-corrected chi connectivity index (χ2v) is 4.22. The predicted octanol–water partition coefficient (Wildman–Crippen LogP) is 2.16. The summed E-state index contributed by atoms with van der Waals surface area (Å²) in [7, 11) is 0. The van der Waals surface area contributed by atoms with Crippen LogP contribution in [0.3, 0.4) is 0 Å². The number of aliphatic imine (C=N–C) groups is 1. The minimum absolute atomic E-state index is 0.443. The molecule has 90 valence electrons. The van der Waals surface area contributed by atoms with E-state index in [2.05, 4.69) is 27.4 Å². The number of nitrogens with zero attached hydrogens (tertiary/aromatic N) is 2. The summed E-state index contributed by atoms with van der Waals surface area (Å²) >= 11 is 0. The number of hydrogen-bond donors (Lipinski definition) is 2. The first kappa shape index (κ1) is 11.6. The smallest absolute Gasteiger partial charge is 0.194 e. The van der Waals surface area contributed by atoms with E-state index in [4.69, 9.17) is 5.73 Å². The molecule has 1 unspecified atom stereocenters. The van der Waals surface area contributed by atoms with Gasteiger partial charge < -0.3 is 11.1 Å². The van der Waals surface area contributed by atoms with Gasteiger partial charge in [-0.3, -0.25) is 4.99 Å². The molecule has 1 aromatic rings. The number of nitrogens with two attached hydrogens (primary N) is 1. The number of guanidine groups is 1. The van der Waals surface area contributed by atoms with Gasteiger partial charge in [-0.05, 0) is 37.3 Å². The Bertz CT molecular complexity index is 397. The Hall–Kier alpha value is -1.84. The minimum atomic E-state index is 0.443. The summed E-state index contributed by atoms with van der Waals surface area (Å²) < 4.78 is 0. The van der Waals surface area contributed by atoms with Crippen LogP contribution in [0.15, 0.2) is 41.5 Å². The monoisotopic (exact) mass is 230 g/mol. The number of allylic oxidation sites excluding steroid dienone is 2. The molecule has 1 aliphatic carbocycles. The molecule has 2 rings (SSSR count). The fourth-order valence-corrected chi connectivity index (χ4v) is 1.86. The Morgan fingerprint density at radius 2 is 2.41 bits per heavy atom. The van der Waals surface area contributed by atoms with Crippen LogP contribution in [0.1, 0.15) is 19.3 Å². The highest BCUT2D eigenvalue weighted by molar-refractivity contribution is 5.91. The Morgan fingerprint density at radius 3 is 3.12 bits per heavy atom. The summed E-state index contributed by atoms with van der Waals surface area (Å²) in [6.07, 6.45) is 9.66. The molecule has 0 fully saturated rings. The molecule has 0 saturated heterocycles. The van der Waals surface area contributed by atoms with Gasteiger partial charge in [0.05, 0.1) is 0 Å². The lowest BCUT2D eigenvalue weighted by molar-refractivity contribution is 0.492. The molecule has 1 aliphatic rings. The highest BCUT2D eigenvalue weighted by atomic mass is 15.1. The van der Waals surface area contributed by atoms with Crippen LogP contribution in [-0.2, 0) is 0 Å². The second kappa shape index (κ2) is 6.03. The molecule has 1 aromatic heterocycles. The van der Waals surface area contributed by atoms with Gasteiger partial charge in [-0.1, -0.05) is 18.2 Å². The topological polar surface area (TPSA) is 63.3 Å². The average molecular weight is 230 g/mol. The van der Waals surface area contributed by atoms with Crippen LogP contribution in [0.2, 0.25) is 0 Å². The van der Waals surface area contributed by atoms with Gasteiger partial charge in [0.15, 0.2) is 5.96 Å². The molecular weight excluding hydrogens is 212 g/mol. The summed E-state index contributed by atoms with van der Waals surface area (Å²) in [4.78, 5) is 8.48. The van der Waals surface area contributed by atoms with E-state index < -0.39 is 0 Å². The summed E-state index contributed by atoms with van der Waals surface area (Å²) in [5.41, 5.74) is 5.80. The highest BCUT2D eigenvalue weighted by Gasteiger charge is 2.08. The number of nitrogens with one attached hydrogen (secondary N) is 1. The predicted molar refractivity (Wildman–Crippen MR) is 70.8 cm³/mol. The zero-order valence-corrected chi connectivity index (χ0v) is 9.84. The number of anilines is 1. The van der Waals surface area contributed by atoms with Gasteiger partial charge in [-0.15, -0.1) is 0 Å². The number of rotatable bonds is 3.